The molecule has 0 spiro atoms. The van der Waals surface area contributed by atoms with E-state index in [1.165, 1.54) is 23.5 Å². The molecule has 0 aliphatic heterocycles. The molecule has 1 amide bonds. The minimum atomic E-state index is -1.14. The average Bonchev–Trinajstić information content (AvgIpc) is 3.04. The van der Waals surface area contributed by atoms with Crippen LogP contribution in [-0.2, 0) is 0 Å². The van der Waals surface area contributed by atoms with Gasteiger partial charge >= 0.3 is 5.97 Å². The maximum Gasteiger partial charge on any atom is 0.336 e. The first-order valence-corrected chi connectivity index (χ1v) is 8.57. The summed E-state index contributed by atoms with van der Waals surface area (Å²) in [5.74, 6) is -1.64. The zero-order valence-corrected chi connectivity index (χ0v) is 14.6. The maximum atomic E-state index is 12.3. The van der Waals surface area contributed by atoms with Crippen LogP contribution in [0.3, 0.4) is 0 Å². The highest BCUT2D eigenvalue weighted by Gasteiger charge is 2.17. The number of aromatic carboxylic acids is 1. The summed E-state index contributed by atoms with van der Waals surface area (Å²) in [5.41, 5.74) is 1.74. The summed E-state index contributed by atoms with van der Waals surface area (Å²) in [4.78, 5) is 27.9. The van der Waals surface area contributed by atoms with Gasteiger partial charge in [-0.1, -0.05) is 40.2 Å². The third-order valence-electron chi connectivity index (χ3n) is 3.27. The van der Waals surface area contributed by atoms with Crippen LogP contribution in [0.4, 0.5) is 5.13 Å². The van der Waals surface area contributed by atoms with Gasteiger partial charge in [0.25, 0.3) is 5.91 Å². The number of hydrogen-bond acceptors (Lipinski definition) is 4. The Labute approximate surface area is 150 Å². The average molecular weight is 403 g/mol. The molecule has 2 N–H and O–H groups in total. The summed E-state index contributed by atoms with van der Waals surface area (Å²) in [5, 5.41) is 14.1. The Balaban J connectivity index is 1.81. The van der Waals surface area contributed by atoms with Crippen molar-refractivity contribution in [3.63, 3.8) is 0 Å². The molecule has 0 radical (unpaired) electrons. The van der Waals surface area contributed by atoms with Crippen LogP contribution in [0.5, 0.6) is 0 Å². The molecule has 24 heavy (non-hydrogen) atoms. The van der Waals surface area contributed by atoms with Crippen molar-refractivity contribution in [1.29, 1.82) is 0 Å². The summed E-state index contributed by atoms with van der Waals surface area (Å²) >= 11 is 4.66. The number of amides is 1. The van der Waals surface area contributed by atoms with E-state index < -0.39 is 11.9 Å². The number of benzene rings is 2. The number of rotatable bonds is 4. The van der Waals surface area contributed by atoms with Crippen molar-refractivity contribution in [3.8, 4) is 11.3 Å². The fourth-order valence-electron chi connectivity index (χ4n) is 2.12. The Morgan fingerprint density at radius 1 is 1.04 bits per heavy atom. The van der Waals surface area contributed by atoms with Gasteiger partial charge in [-0.25, -0.2) is 9.78 Å². The van der Waals surface area contributed by atoms with Crippen molar-refractivity contribution in [2.24, 2.45) is 0 Å². The van der Waals surface area contributed by atoms with Crippen LogP contribution in [0.25, 0.3) is 11.3 Å². The standard InChI is InChI=1S/C17H11BrN2O3S/c18-11-7-5-10(6-8-11)14-9-24-17(19-14)20-15(21)12-3-1-2-4-13(12)16(22)23/h1-9H,(H,22,23)(H,19,20,21). The number of halogens is 1. The number of thiazole rings is 1. The molecule has 2 aromatic carbocycles. The molecule has 0 bridgehead atoms. The van der Waals surface area contributed by atoms with Crippen molar-refractivity contribution in [2.45, 2.75) is 0 Å². The Hall–Kier alpha value is -2.51. The minimum absolute atomic E-state index is 0.0420. The number of aromatic nitrogens is 1. The number of carboxylic acids is 1. The van der Waals surface area contributed by atoms with Gasteiger partial charge in [0, 0.05) is 15.4 Å². The van der Waals surface area contributed by atoms with Gasteiger partial charge in [0.15, 0.2) is 5.13 Å². The molecule has 3 aromatic rings. The molecule has 1 heterocycles. The normalized spacial score (nSPS) is 10.4. The van der Waals surface area contributed by atoms with Gasteiger partial charge in [-0.2, -0.15) is 0 Å². The van der Waals surface area contributed by atoms with E-state index in [9.17, 15) is 9.59 Å². The van der Waals surface area contributed by atoms with Gasteiger partial charge in [-0.15, -0.1) is 11.3 Å². The lowest BCUT2D eigenvalue weighted by molar-refractivity contribution is 0.0692. The third kappa shape index (κ3) is 3.52. The van der Waals surface area contributed by atoms with E-state index in [1.807, 2.05) is 29.6 Å². The molecular weight excluding hydrogens is 392 g/mol. The van der Waals surface area contributed by atoms with Crippen LogP contribution in [-0.4, -0.2) is 22.0 Å². The lowest BCUT2D eigenvalue weighted by Gasteiger charge is -2.05. The quantitative estimate of drug-likeness (QED) is 0.671. The minimum Gasteiger partial charge on any atom is -0.478 e. The van der Waals surface area contributed by atoms with E-state index in [-0.39, 0.29) is 11.1 Å². The lowest BCUT2D eigenvalue weighted by Crippen LogP contribution is -2.16. The van der Waals surface area contributed by atoms with Gasteiger partial charge in [0.2, 0.25) is 0 Å². The van der Waals surface area contributed by atoms with Gasteiger partial charge in [-0.3, -0.25) is 10.1 Å². The molecule has 0 saturated heterocycles. The Kier molecular flexibility index (Phi) is 4.73. The summed E-state index contributed by atoms with van der Waals surface area (Å²) in [6, 6.07) is 13.7. The first-order valence-electron chi connectivity index (χ1n) is 6.90. The molecule has 1 aromatic heterocycles. The second-order valence-electron chi connectivity index (χ2n) is 4.85. The van der Waals surface area contributed by atoms with Gasteiger partial charge in [0.05, 0.1) is 16.8 Å². The second kappa shape index (κ2) is 6.94. The Morgan fingerprint density at radius 3 is 2.38 bits per heavy atom. The van der Waals surface area contributed by atoms with Gasteiger partial charge < -0.3 is 5.11 Å². The zero-order valence-electron chi connectivity index (χ0n) is 12.2. The summed E-state index contributed by atoms with van der Waals surface area (Å²) in [6.45, 7) is 0. The molecule has 0 saturated carbocycles. The van der Waals surface area contributed by atoms with E-state index >= 15 is 0 Å². The molecule has 120 valence electrons. The van der Waals surface area contributed by atoms with Crippen LogP contribution in [0, 0.1) is 0 Å². The van der Waals surface area contributed by atoms with Crippen LogP contribution in [0.15, 0.2) is 58.4 Å². The predicted octanol–water partition coefficient (Wildman–Crippen LogP) is 4.52. The number of nitrogens with one attached hydrogen (secondary N) is 1. The van der Waals surface area contributed by atoms with E-state index in [4.69, 9.17) is 5.11 Å². The SMILES string of the molecule is O=C(O)c1ccccc1C(=O)Nc1nc(-c2ccc(Br)cc2)cs1. The van der Waals surface area contributed by atoms with E-state index in [1.54, 1.807) is 12.1 Å². The highest BCUT2D eigenvalue weighted by molar-refractivity contribution is 9.10. The van der Waals surface area contributed by atoms with Crippen LogP contribution in [0.1, 0.15) is 20.7 Å². The summed E-state index contributed by atoms with van der Waals surface area (Å²) in [7, 11) is 0. The highest BCUT2D eigenvalue weighted by atomic mass is 79.9. The van der Waals surface area contributed by atoms with Crippen molar-refractivity contribution < 1.29 is 14.7 Å². The lowest BCUT2D eigenvalue weighted by atomic mass is 10.1. The molecule has 0 atom stereocenters. The number of carboxylic acid groups (broad SMARTS) is 1. The largest absolute Gasteiger partial charge is 0.478 e. The zero-order chi connectivity index (χ0) is 17.1. The molecule has 0 unspecified atom stereocenters. The number of hydrogen-bond donors (Lipinski definition) is 2. The molecule has 0 aliphatic carbocycles. The van der Waals surface area contributed by atoms with E-state index in [0.29, 0.717) is 5.13 Å². The molecule has 0 aliphatic rings. The molecular formula is C17H11BrN2O3S. The van der Waals surface area contributed by atoms with Crippen LogP contribution >= 0.6 is 27.3 Å². The Morgan fingerprint density at radius 2 is 1.71 bits per heavy atom. The molecule has 5 nitrogen and oxygen atoms in total. The summed E-state index contributed by atoms with van der Waals surface area (Å²) in [6.07, 6.45) is 0. The third-order valence-corrected chi connectivity index (χ3v) is 4.55. The van der Waals surface area contributed by atoms with Crippen molar-refractivity contribution >= 4 is 44.3 Å². The molecule has 0 fully saturated rings. The number of carbonyl (C=O) groups is 2. The number of carbonyl (C=O) groups excluding carboxylic acids is 1. The van der Waals surface area contributed by atoms with Crippen LogP contribution in [0.2, 0.25) is 0 Å². The fraction of sp³-hybridized carbons (Fsp3) is 0. The van der Waals surface area contributed by atoms with E-state index in [2.05, 4.69) is 26.2 Å². The van der Waals surface area contributed by atoms with Crippen molar-refractivity contribution in [3.05, 3.63) is 69.5 Å². The Bertz CT molecular complexity index is 906. The smallest absolute Gasteiger partial charge is 0.336 e. The van der Waals surface area contributed by atoms with E-state index in [0.717, 1.165) is 15.7 Å². The maximum absolute atomic E-state index is 12.3. The second-order valence-corrected chi connectivity index (χ2v) is 6.62. The molecule has 7 heteroatoms. The number of nitrogens with zero attached hydrogens (tertiary/aromatic N) is 1. The first kappa shape index (κ1) is 16.4. The van der Waals surface area contributed by atoms with Gasteiger partial charge in [-0.05, 0) is 24.3 Å². The highest BCUT2D eigenvalue weighted by Crippen LogP contribution is 2.26. The molecule has 3 rings (SSSR count). The predicted molar refractivity (Wildman–Crippen MR) is 96.6 cm³/mol. The first-order chi connectivity index (χ1) is 11.5. The van der Waals surface area contributed by atoms with Gasteiger partial charge in [0.1, 0.15) is 0 Å². The fourth-order valence-corrected chi connectivity index (χ4v) is 3.10. The van der Waals surface area contributed by atoms with Crippen LogP contribution < -0.4 is 5.32 Å². The van der Waals surface area contributed by atoms with Crippen molar-refractivity contribution in [1.82, 2.24) is 4.98 Å². The summed E-state index contributed by atoms with van der Waals surface area (Å²) < 4.78 is 0.972. The van der Waals surface area contributed by atoms with Crippen molar-refractivity contribution in [2.75, 3.05) is 5.32 Å². The monoisotopic (exact) mass is 402 g/mol. The topological polar surface area (TPSA) is 79.3 Å². The number of anilines is 1.